The smallest absolute Gasteiger partial charge is 0.326 e. The van der Waals surface area contributed by atoms with E-state index in [1.807, 2.05) is 26.2 Å². The first-order valence-corrected chi connectivity index (χ1v) is 7.79. The van der Waals surface area contributed by atoms with E-state index in [2.05, 4.69) is 16.3 Å². The van der Waals surface area contributed by atoms with Crippen molar-refractivity contribution in [2.75, 3.05) is 35.8 Å². The van der Waals surface area contributed by atoms with Gasteiger partial charge in [-0.3, -0.25) is 10.3 Å². The average molecular weight is 323 g/mol. The molecule has 3 rings (SSSR count). The molecule has 2 amide bonds. The van der Waals surface area contributed by atoms with Crippen molar-refractivity contribution in [3.05, 3.63) is 53.6 Å². The summed E-state index contributed by atoms with van der Waals surface area (Å²) in [6.45, 7) is 0.657. The quantitative estimate of drug-likeness (QED) is 0.599. The molecule has 124 valence electrons. The number of nitrogens with two attached hydrogens (primary N) is 1. The first kappa shape index (κ1) is 15.9. The lowest BCUT2D eigenvalue weighted by Gasteiger charge is -2.19. The van der Waals surface area contributed by atoms with Crippen LogP contribution in [0.15, 0.2) is 42.5 Å². The van der Waals surface area contributed by atoms with Gasteiger partial charge < -0.3 is 16.0 Å². The molecule has 0 aromatic heterocycles. The number of nitrogen functional groups attached to an aromatic ring is 1. The van der Waals surface area contributed by atoms with Crippen molar-refractivity contribution in [1.82, 2.24) is 0 Å². The number of anilines is 3. The lowest BCUT2D eigenvalue weighted by atomic mass is 10.1. The molecule has 2 aromatic carbocycles. The average Bonchev–Trinajstić information content (AvgIpc) is 2.98. The number of amidine groups is 1. The van der Waals surface area contributed by atoms with Crippen LogP contribution in [-0.2, 0) is 6.42 Å². The minimum atomic E-state index is -0.174. The molecule has 0 saturated heterocycles. The Morgan fingerprint density at radius 3 is 2.75 bits per heavy atom. The number of carbonyl (C=O) groups excluding carboxylic acids is 1. The van der Waals surface area contributed by atoms with Crippen LogP contribution in [0, 0.1) is 5.41 Å². The minimum Gasteiger partial charge on any atom is -0.384 e. The van der Waals surface area contributed by atoms with Crippen LogP contribution >= 0.6 is 0 Å². The Hall–Kier alpha value is -3.02. The molecule has 1 aliphatic heterocycles. The zero-order valence-electron chi connectivity index (χ0n) is 13.8. The van der Waals surface area contributed by atoms with Crippen LogP contribution in [-0.4, -0.2) is 32.5 Å². The van der Waals surface area contributed by atoms with Gasteiger partial charge in [0.25, 0.3) is 0 Å². The van der Waals surface area contributed by atoms with Gasteiger partial charge in [-0.25, -0.2) is 4.79 Å². The van der Waals surface area contributed by atoms with E-state index in [-0.39, 0.29) is 11.9 Å². The van der Waals surface area contributed by atoms with Crippen LogP contribution in [0.5, 0.6) is 0 Å². The van der Waals surface area contributed by atoms with Gasteiger partial charge in [0.05, 0.1) is 0 Å². The third-order valence-electron chi connectivity index (χ3n) is 4.15. The van der Waals surface area contributed by atoms with E-state index < -0.39 is 0 Å². The third kappa shape index (κ3) is 3.03. The number of nitrogens with zero attached hydrogens (tertiary/aromatic N) is 2. The molecule has 6 heteroatoms. The predicted octanol–water partition coefficient (Wildman–Crippen LogP) is 2.63. The van der Waals surface area contributed by atoms with Crippen LogP contribution < -0.4 is 20.9 Å². The number of amides is 2. The number of fused-ring (bicyclic) bond motifs is 1. The summed E-state index contributed by atoms with van der Waals surface area (Å²) in [7, 11) is 4.01. The number of rotatable bonds is 3. The standard InChI is InChI=1S/C18H21N5O/c1-22(2)15-6-7-16-12(11-15)8-9-23(16)18(24)21-14-5-3-4-13(10-14)17(19)20/h3-7,10-11H,8-9H2,1-2H3,(H3,19,20)(H,21,24). The Morgan fingerprint density at radius 1 is 1.25 bits per heavy atom. The number of hydrogen-bond donors (Lipinski definition) is 3. The Bertz CT molecular complexity index is 800. The summed E-state index contributed by atoms with van der Waals surface area (Å²) < 4.78 is 0. The van der Waals surface area contributed by atoms with Crippen molar-refractivity contribution in [3.63, 3.8) is 0 Å². The van der Waals surface area contributed by atoms with Crippen molar-refractivity contribution in [1.29, 1.82) is 5.41 Å². The van der Waals surface area contributed by atoms with Gasteiger partial charge in [-0.1, -0.05) is 12.1 Å². The SMILES string of the molecule is CN(C)c1ccc2c(c1)CCN2C(=O)Nc1cccc(C(=N)N)c1. The molecule has 4 N–H and O–H groups in total. The van der Waals surface area contributed by atoms with E-state index in [4.69, 9.17) is 11.1 Å². The van der Waals surface area contributed by atoms with Crippen LogP contribution in [0.3, 0.4) is 0 Å². The molecular formula is C18H21N5O. The largest absolute Gasteiger partial charge is 0.384 e. The van der Waals surface area contributed by atoms with Crippen molar-refractivity contribution in [3.8, 4) is 0 Å². The normalized spacial score (nSPS) is 12.7. The Morgan fingerprint density at radius 2 is 2.04 bits per heavy atom. The van der Waals surface area contributed by atoms with Crippen molar-refractivity contribution in [2.45, 2.75) is 6.42 Å². The molecule has 0 unspecified atom stereocenters. The lowest BCUT2D eigenvalue weighted by molar-refractivity contribution is 0.257. The van der Waals surface area contributed by atoms with Gasteiger partial charge in [-0.2, -0.15) is 0 Å². The highest BCUT2D eigenvalue weighted by atomic mass is 16.2. The highest BCUT2D eigenvalue weighted by Gasteiger charge is 2.25. The topological polar surface area (TPSA) is 85.5 Å². The fraction of sp³-hybridized carbons (Fsp3) is 0.222. The van der Waals surface area contributed by atoms with Gasteiger partial charge in [0.15, 0.2) is 0 Å². The number of nitrogens with one attached hydrogen (secondary N) is 2. The van der Waals surface area contributed by atoms with E-state index in [0.29, 0.717) is 17.8 Å². The zero-order chi connectivity index (χ0) is 17.3. The summed E-state index contributed by atoms with van der Waals surface area (Å²) in [4.78, 5) is 16.4. The van der Waals surface area contributed by atoms with Crippen LogP contribution in [0.2, 0.25) is 0 Å². The maximum absolute atomic E-state index is 12.6. The summed E-state index contributed by atoms with van der Waals surface area (Å²) in [5.41, 5.74) is 9.96. The van der Waals surface area contributed by atoms with Gasteiger partial charge in [-0.15, -0.1) is 0 Å². The van der Waals surface area contributed by atoms with E-state index in [1.54, 1.807) is 29.2 Å². The number of carbonyl (C=O) groups is 1. The van der Waals surface area contributed by atoms with Gasteiger partial charge in [-0.05, 0) is 42.3 Å². The second-order valence-electron chi connectivity index (χ2n) is 6.03. The highest BCUT2D eigenvalue weighted by Crippen LogP contribution is 2.31. The maximum Gasteiger partial charge on any atom is 0.326 e. The summed E-state index contributed by atoms with van der Waals surface area (Å²) in [5, 5.41) is 10.4. The van der Waals surface area contributed by atoms with Crippen LogP contribution in [0.4, 0.5) is 21.9 Å². The molecule has 0 fully saturated rings. The molecule has 1 heterocycles. The predicted molar refractivity (Wildman–Crippen MR) is 98.3 cm³/mol. The van der Waals surface area contributed by atoms with E-state index in [0.717, 1.165) is 17.8 Å². The van der Waals surface area contributed by atoms with Crippen molar-refractivity contribution >= 4 is 28.9 Å². The molecule has 1 aliphatic rings. The third-order valence-corrected chi connectivity index (χ3v) is 4.15. The fourth-order valence-corrected chi connectivity index (χ4v) is 2.83. The molecule has 2 aromatic rings. The molecule has 0 aliphatic carbocycles. The molecule has 0 spiro atoms. The molecule has 6 nitrogen and oxygen atoms in total. The van der Waals surface area contributed by atoms with Crippen LogP contribution in [0.25, 0.3) is 0 Å². The van der Waals surface area contributed by atoms with Gasteiger partial charge in [0.2, 0.25) is 0 Å². The van der Waals surface area contributed by atoms with Gasteiger partial charge in [0, 0.05) is 43.3 Å². The zero-order valence-corrected chi connectivity index (χ0v) is 13.8. The molecule has 24 heavy (non-hydrogen) atoms. The van der Waals surface area contributed by atoms with E-state index in [1.165, 1.54) is 5.56 Å². The summed E-state index contributed by atoms with van der Waals surface area (Å²) in [6.07, 6.45) is 0.845. The molecule has 0 atom stereocenters. The lowest BCUT2D eigenvalue weighted by Crippen LogP contribution is -2.33. The van der Waals surface area contributed by atoms with E-state index in [9.17, 15) is 4.79 Å². The molecule has 0 radical (unpaired) electrons. The monoisotopic (exact) mass is 323 g/mol. The highest BCUT2D eigenvalue weighted by molar-refractivity contribution is 6.04. The minimum absolute atomic E-state index is 0.0196. The van der Waals surface area contributed by atoms with Crippen molar-refractivity contribution < 1.29 is 4.79 Å². The molecule has 0 saturated carbocycles. The Balaban J connectivity index is 1.78. The first-order chi connectivity index (χ1) is 11.5. The molecule has 0 bridgehead atoms. The van der Waals surface area contributed by atoms with Gasteiger partial charge >= 0.3 is 6.03 Å². The van der Waals surface area contributed by atoms with Crippen molar-refractivity contribution in [2.24, 2.45) is 5.73 Å². The van der Waals surface area contributed by atoms with Gasteiger partial charge in [0.1, 0.15) is 5.84 Å². The number of urea groups is 1. The number of hydrogen-bond acceptors (Lipinski definition) is 3. The Kier molecular flexibility index (Phi) is 4.12. The first-order valence-electron chi connectivity index (χ1n) is 7.79. The summed E-state index contributed by atoms with van der Waals surface area (Å²) >= 11 is 0. The maximum atomic E-state index is 12.6. The fourth-order valence-electron chi connectivity index (χ4n) is 2.83. The second-order valence-corrected chi connectivity index (χ2v) is 6.03. The Labute approximate surface area is 141 Å². The second kappa shape index (κ2) is 6.23. The number of benzene rings is 2. The van der Waals surface area contributed by atoms with Crippen LogP contribution in [0.1, 0.15) is 11.1 Å². The van der Waals surface area contributed by atoms with E-state index >= 15 is 0 Å². The summed E-state index contributed by atoms with van der Waals surface area (Å²) in [6, 6.07) is 13.0. The molecular weight excluding hydrogens is 302 g/mol. The summed E-state index contributed by atoms with van der Waals surface area (Å²) in [5.74, 6) is -0.0196.